The van der Waals surface area contributed by atoms with Gasteiger partial charge >= 0.3 is 0 Å². The fraction of sp³-hybridized carbons (Fsp3) is 0.562. The largest absolute Gasteiger partial charge is 0.388 e. The summed E-state index contributed by atoms with van der Waals surface area (Å²) in [5.74, 6) is 0.712. The summed E-state index contributed by atoms with van der Waals surface area (Å²) >= 11 is 0. The topological polar surface area (TPSA) is 49.3 Å². The first-order valence-electron chi connectivity index (χ1n) is 7.12. The van der Waals surface area contributed by atoms with Crippen molar-refractivity contribution < 1.29 is 9.90 Å². The number of fused-ring (bicyclic) bond motifs is 1. The van der Waals surface area contributed by atoms with Crippen LogP contribution in [-0.2, 0) is 10.2 Å². The van der Waals surface area contributed by atoms with Crippen molar-refractivity contribution in [2.75, 3.05) is 5.32 Å². The molecule has 3 heteroatoms. The summed E-state index contributed by atoms with van der Waals surface area (Å²) in [7, 11) is 0. The molecule has 1 aromatic rings. The molecular weight excluding hydrogens is 238 g/mol. The molecule has 3 nitrogen and oxygen atoms in total. The van der Waals surface area contributed by atoms with Gasteiger partial charge in [-0.05, 0) is 43.4 Å². The van der Waals surface area contributed by atoms with Crippen LogP contribution in [0.5, 0.6) is 0 Å². The second-order valence-corrected chi connectivity index (χ2v) is 6.43. The lowest BCUT2D eigenvalue weighted by Gasteiger charge is -2.28. The van der Waals surface area contributed by atoms with Crippen molar-refractivity contribution in [2.24, 2.45) is 5.92 Å². The highest BCUT2D eigenvalue weighted by Gasteiger charge is 2.38. The Hall–Kier alpha value is -1.35. The average Bonchev–Trinajstić information content (AvgIpc) is 2.55. The molecule has 0 saturated heterocycles. The van der Waals surface area contributed by atoms with Crippen LogP contribution in [0.1, 0.15) is 56.8 Å². The summed E-state index contributed by atoms with van der Waals surface area (Å²) in [6, 6.07) is 5.85. The molecule has 0 aromatic heterocycles. The van der Waals surface area contributed by atoms with E-state index in [1.165, 1.54) is 19.3 Å². The normalized spacial score (nSPS) is 22.6. The Kier molecular flexibility index (Phi) is 2.90. The zero-order chi connectivity index (χ0) is 13.6. The molecule has 19 heavy (non-hydrogen) atoms. The summed E-state index contributed by atoms with van der Waals surface area (Å²) in [5, 5.41) is 13.2. The zero-order valence-corrected chi connectivity index (χ0v) is 11.6. The van der Waals surface area contributed by atoms with Gasteiger partial charge in [0.05, 0.1) is 11.5 Å². The maximum atomic E-state index is 11.9. The van der Waals surface area contributed by atoms with Crippen LogP contribution in [0.3, 0.4) is 0 Å². The maximum Gasteiger partial charge on any atom is 0.234 e. The molecule has 1 aromatic carbocycles. The highest BCUT2D eigenvalue weighted by molar-refractivity contribution is 6.05. The Labute approximate surface area is 114 Å². The third kappa shape index (κ3) is 2.06. The SMILES string of the molecule is CC1(C)C(=O)Nc2ccc(C(O)CC3CCC3)cc21. The molecule has 1 aliphatic carbocycles. The molecule has 1 heterocycles. The number of hydrogen-bond donors (Lipinski definition) is 2. The molecule has 0 bridgehead atoms. The third-order valence-corrected chi connectivity index (χ3v) is 4.70. The van der Waals surface area contributed by atoms with E-state index in [1.54, 1.807) is 0 Å². The van der Waals surface area contributed by atoms with E-state index in [-0.39, 0.29) is 5.91 Å². The number of anilines is 1. The minimum atomic E-state index is -0.498. The van der Waals surface area contributed by atoms with Gasteiger partial charge in [-0.25, -0.2) is 0 Å². The van der Waals surface area contributed by atoms with Gasteiger partial charge in [-0.3, -0.25) is 4.79 Å². The Morgan fingerprint density at radius 1 is 1.42 bits per heavy atom. The van der Waals surface area contributed by atoms with Crippen LogP contribution < -0.4 is 5.32 Å². The molecule has 1 unspecified atom stereocenters. The minimum absolute atomic E-state index is 0.0353. The molecule has 2 aliphatic rings. The quantitative estimate of drug-likeness (QED) is 0.876. The van der Waals surface area contributed by atoms with Crippen LogP contribution in [0.2, 0.25) is 0 Å². The van der Waals surface area contributed by atoms with Gasteiger partial charge in [0, 0.05) is 5.69 Å². The predicted octanol–water partition coefficient (Wildman–Crippen LogP) is 3.14. The van der Waals surface area contributed by atoms with Crippen molar-refractivity contribution >= 4 is 11.6 Å². The van der Waals surface area contributed by atoms with Gasteiger partial charge in [-0.2, -0.15) is 0 Å². The molecular formula is C16H21NO2. The van der Waals surface area contributed by atoms with E-state index < -0.39 is 11.5 Å². The number of carbonyl (C=O) groups excluding carboxylic acids is 1. The van der Waals surface area contributed by atoms with Crippen LogP contribution >= 0.6 is 0 Å². The summed E-state index contributed by atoms with van der Waals surface area (Å²) < 4.78 is 0. The molecule has 102 valence electrons. The van der Waals surface area contributed by atoms with Gasteiger partial charge in [-0.15, -0.1) is 0 Å². The Morgan fingerprint density at radius 2 is 2.16 bits per heavy atom. The average molecular weight is 259 g/mol. The number of benzene rings is 1. The lowest BCUT2D eigenvalue weighted by molar-refractivity contribution is -0.119. The second-order valence-electron chi connectivity index (χ2n) is 6.43. The molecule has 0 spiro atoms. The molecule has 3 rings (SSSR count). The predicted molar refractivity (Wildman–Crippen MR) is 75.0 cm³/mol. The number of aliphatic hydroxyl groups is 1. The van der Waals surface area contributed by atoms with Crippen LogP contribution in [0.15, 0.2) is 18.2 Å². The summed E-state index contributed by atoms with van der Waals surface area (Å²) in [5.41, 5.74) is 2.33. The summed E-state index contributed by atoms with van der Waals surface area (Å²) in [6.45, 7) is 3.85. The van der Waals surface area contributed by atoms with E-state index >= 15 is 0 Å². The second kappa shape index (κ2) is 4.34. The standard InChI is InChI=1S/C16H21NO2/c1-16(2)12-9-11(6-7-13(12)17-15(16)19)14(18)8-10-4-3-5-10/h6-7,9-10,14,18H,3-5,8H2,1-2H3,(H,17,19). The molecule has 1 amide bonds. The first-order chi connectivity index (χ1) is 8.98. The first kappa shape index (κ1) is 12.7. The van der Waals surface area contributed by atoms with Gasteiger partial charge in [0.2, 0.25) is 5.91 Å². The smallest absolute Gasteiger partial charge is 0.234 e. The van der Waals surface area contributed by atoms with Crippen LogP contribution in [0.25, 0.3) is 0 Å². The monoisotopic (exact) mass is 259 g/mol. The molecule has 1 saturated carbocycles. The number of aliphatic hydroxyl groups excluding tert-OH is 1. The Balaban J connectivity index is 1.85. The molecule has 0 radical (unpaired) electrons. The van der Waals surface area contributed by atoms with E-state index in [4.69, 9.17) is 0 Å². The van der Waals surface area contributed by atoms with Crippen molar-refractivity contribution in [3.8, 4) is 0 Å². The van der Waals surface area contributed by atoms with Crippen LogP contribution in [-0.4, -0.2) is 11.0 Å². The highest BCUT2D eigenvalue weighted by Crippen LogP contribution is 2.40. The number of amides is 1. The number of rotatable bonds is 3. The van der Waals surface area contributed by atoms with Crippen LogP contribution in [0, 0.1) is 5.92 Å². The van der Waals surface area contributed by atoms with Crippen molar-refractivity contribution in [1.29, 1.82) is 0 Å². The van der Waals surface area contributed by atoms with Gasteiger partial charge in [0.15, 0.2) is 0 Å². The lowest BCUT2D eigenvalue weighted by Crippen LogP contribution is -2.27. The first-order valence-corrected chi connectivity index (χ1v) is 7.12. The summed E-state index contributed by atoms with van der Waals surface area (Å²) in [4.78, 5) is 11.9. The van der Waals surface area contributed by atoms with E-state index in [0.29, 0.717) is 5.92 Å². The minimum Gasteiger partial charge on any atom is -0.388 e. The molecule has 1 fully saturated rings. The van der Waals surface area contributed by atoms with Crippen LogP contribution in [0.4, 0.5) is 5.69 Å². The molecule has 2 N–H and O–H groups in total. The van der Waals surface area contributed by atoms with E-state index in [9.17, 15) is 9.90 Å². The van der Waals surface area contributed by atoms with Crippen molar-refractivity contribution in [3.05, 3.63) is 29.3 Å². The Morgan fingerprint density at radius 3 is 2.79 bits per heavy atom. The molecule has 1 aliphatic heterocycles. The lowest BCUT2D eigenvalue weighted by atomic mass is 9.79. The maximum absolute atomic E-state index is 11.9. The third-order valence-electron chi connectivity index (χ3n) is 4.70. The Bertz CT molecular complexity index is 517. The summed E-state index contributed by atoms with van der Waals surface area (Å²) in [6.07, 6.45) is 4.23. The van der Waals surface area contributed by atoms with Gasteiger partial charge in [-0.1, -0.05) is 31.4 Å². The van der Waals surface area contributed by atoms with Crippen molar-refractivity contribution in [3.63, 3.8) is 0 Å². The highest BCUT2D eigenvalue weighted by atomic mass is 16.3. The van der Waals surface area contributed by atoms with E-state index in [0.717, 1.165) is 23.2 Å². The van der Waals surface area contributed by atoms with Gasteiger partial charge in [0.25, 0.3) is 0 Å². The van der Waals surface area contributed by atoms with E-state index in [1.807, 2.05) is 32.0 Å². The number of nitrogens with one attached hydrogen (secondary N) is 1. The van der Waals surface area contributed by atoms with E-state index in [2.05, 4.69) is 5.32 Å². The van der Waals surface area contributed by atoms with Gasteiger partial charge < -0.3 is 10.4 Å². The molecule has 1 atom stereocenters. The van der Waals surface area contributed by atoms with Gasteiger partial charge in [0.1, 0.15) is 0 Å². The fourth-order valence-corrected chi connectivity index (χ4v) is 2.98. The fourth-order valence-electron chi connectivity index (χ4n) is 2.98. The zero-order valence-electron chi connectivity index (χ0n) is 11.6. The number of hydrogen-bond acceptors (Lipinski definition) is 2. The van der Waals surface area contributed by atoms with Crippen molar-refractivity contribution in [2.45, 2.75) is 51.0 Å². The number of carbonyl (C=O) groups is 1. The van der Waals surface area contributed by atoms with Crippen molar-refractivity contribution in [1.82, 2.24) is 0 Å².